The molecule has 0 aliphatic carbocycles. The van der Waals surface area contributed by atoms with Gasteiger partial charge in [-0.2, -0.15) is 0 Å². The lowest BCUT2D eigenvalue weighted by molar-refractivity contribution is -0.128. The van der Waals surface area contributed by atoms with E-state index in [-0.39, 0.29) is 24.8 Å². The summed E-state index contributed by atoms with van der Waals surface area (Å²) in [6, 6.07) is 13.8. The van der Waals surface area contributed by atoms with Crippen LogP contribution in [0.25, 0.3) is 10.9 Å². The van der Waals surface area contributed by atoms with Crippen LogP contribution in [0.1, 0.15) is 42.6 Å². The molecule has 0 spiro atoms. The molecule has 3 aliphatic rings. The van der Waals surface area contributed by atoms with Gasteiger partial charge in [-0.3, -0.25) is 9.69 Å². The van der Waals surface area contributed by atoms with E-state index in [0.29, 0.717) is 18.1 Å². The second kappa shape index (κ2) is 6.99. The van der Waals surface area contributed by atoms with Crippen molar-refractivity contribution in [2.24, 2.45) is 0 Å². The van der Waals surface area contributed by atoms with Gasteiger partial charge < -0.3 is 19.4 Å². The van der Waals surface area contributed by atoms with E-state index in [2.05, 4.69) is 35.0 Å². The Morgan fingerprint density at radius 1 is 1.16 bits per heavy atom. The number of aromatic amines is 1. The van der Waals surface area contributed by atoms with Crippen molar-refractivity contribution in [2.75, 3.05) is 13.3 Å². The molecule has 0 saturated carbocycles. The SMILES string of the molecule is CCCCN1C(=O)[C@H]2Cc3c([nH]c4ccccc34)[C@H](c3ccc4c(c3)OCO4)N2C1=S. The number of hydrogen-bond acceptors (Lipinski definition) is 4. The zero-order valence-corrected chi connectivity index (χ0v) is 18.1. The van der Waals surface area contributed by atoms with Gasteiger partial charge in [-0.25, -0.2) is 0 Å². The van der Waals surface area contributed by atoms with Crippen molar-refractivity contribution in [1.29, 1.82) is 0 Å². The Morgan fingerprint density at radius 3 is 2.87 bits per heavy atom. The minimum absolute atomic E-state index is 0.111. The summed E-state index contributed by atoms with van der Waals surface area (Å²) in [7, 11) is 0. The highest BCUT2D eigenvalue weighted by molar-refractivity contribution is 7.80. The van der Waals surface area contributed by atoms with Gasteiger partial charge in [0.15, 0.2) is 16.6 Å². The number of H-pyrrole nitrogens is 1. The second-order valence-electron chi connectivity index (χ2n) is 8.33. The largest absolute Gasteiger partial charge is 0.454 e. The molecule has 2 aromatic carbocycles. The molecule has 0 unspecified atom stereocenters. The third-order valence-corrected chi connectivity index (χ3v) is 7.01. The van der Waals surface area contributed by atoms with Crippen molar-refractivity contribution < 1.29 is 14.3 Å². The Hall–Kier alpha value is -3.06. The Morgan fingerprint density at radius 2 is 2.00 bits per heavy atom. The highest BCUT2D eigenvalue weighted by atomic mass is 32.1. The minimum Gasteiger partial charge on any atom is -0.454 e. The van der Waals surface area contributed by atoms with Crippen molar-refractivity contribution in [1.82, 2.24) is 14.8 Å². The number of carbonyl (C=O) groups excluding carboxylic acids is 1. The first-order chi connectivity index (χ1) is 15.2. The molecule has 0 radical (unpaired) electrons. The Bertz CT molecular complexity index is 1220. The number of rotatable bonds is 4. The van der Waals surface area contributed by atoms with Crippen LogP contribution >= 0.6 is 12.2 Å². The number of ether oxygens (including phenoxy) is 2. The zero-order valence-electron chi connectivity index (χ0n) is 17.3. The first kappa shape index (κ1) is 18.7. The average Bonchev–Trinajstić information content (AvgIpc) is 3.46. The summed E-state index contributed by atoms with van der Waals surface area (Å²) >= 11 is 5.88. The molecule has 0 bridgehead atoms. The number of aromatic nitrogens is 1. The minimum atomic E-state index is -0.286. The van der Waals surface area contributed by atoms with Crippen molar-refractivity contribution >= 4 is 34.1 Å². The van der Waals surface area contributed by atoms with Gasteiger partial charge in [0, 0.05) is 29.6 Å². The highest BCUT2D eigenvalue weighted by Crippen LogP contribution is 2.46. The lowest BCUT2D eigenvalue weighted by Gasteiger charge is -2.37. The third-order valence-electron chi connectivity index (χ3n) is 6.58. The second-order valence-corrected chi connectivity index (χ2v) is 8.70. The normalized spacial score (nSPS) is 21.7. The quantitative estimate of drug-likeness (QED) is 0.627. The number of nitrogens with zero attached hydrogens (tertiary/aromatic N) is 2. The van der Waals surface area contributed by atoms with Gasteiger partial charge in [0.1, 0.15) is 6.04 Å². The first-order valence-corrected chi connectivity index (χ1v) is 11.2. The van der Waals surface area contributed by atoms with E-state index in [1.807, 2.05) is 24.3 Å². The third kappa shape index (κ3) is 2.69. The van der Waals surface area contributed by atoms with Gasteiger partial charge in [-0.05, 0) is 48.0 Å². The number of para-hydroxylation sites is 1. The maximum absolute atomic E-state index is 13.4. The highest BCUT2D eigenvalue weighted by Gasteiger charge is 2.50. The van der Waals surface area contributed by atoms with Crippen LogP contribution in [-0.2, 0) is 11.2 Å². The molecule has 3 aliphatic heterocycles. The molecular formula is C24H23N3O3S. The number of fused-ring (bicyclic) bond motifs is 5. The molecular weight excluding hydrogens is 410 g/mol. The van der Waals surface area contributed by atoms with Crippen LogP contribution in [0.4, 0.5) is 0 Å². The number of unbranched alkanes of at least 4 members (excludes halogenated alkanes) is 1. The summed E-state index contributed by atoms with van der Waals surface area (Å²) in [6.07, 6.45) is 2.61. The van der Waals surface area contributed by atoms with Crippen LogP contribution in [0.5, 0.6) is 11.5 Å². The maximum Gasteiger partial charge on any atom is 0.251 e. The van der Waals surface area contributed by atoms with Gasteiger partial charge >= 0.3 is 0 Å². The fraction of sp³-hybridized carbons (Fsp3) is 0.333. The smallest absolute Gasteiger partial charge is 0.251 e. The van der Waals surface area contributed by atoms with Crippen molar-refractivity contribution in [3.63, 3.8) is 0 Å². The molecule has 1 saturated heterocycles. The number of hydrogen-bond donors (Lipinski definition) is 1. The predicted octanol–water partition coefficient (Wildman–Crippen LogP) is 4.14. The number of benzene rings is 2. The Labute approximate surface area is 185 Å². The summed E-state index contributed by atoms with van der Waals surface area (Å²) in [5.74, 6) is 1.59. The molecule has 6 nitrogen and oxygen atoms in total. The molecule has 3 aromatic rings. The molecule has 158 valence electrons. The molecule has 7 heteroatoms. The van der Waals surface area contributed by atoms with Gasteiger partial charge in [0.25, 0.3) is 5.91 Å². The standard InChI is InChI=1S/C24H23N3O3S/c1-2-3-10-26-23(28)18-12-16-15-6-4-5-7-17(15)25-21(16)22(27(18)24(26)31)14-8-9-19-20(11-14)30-13-29-19/h4-9,11,18,22,25H,2-3,10,12-13H2,1H3/t18-,22+/m1/s1. The van der Waals surface area contributed by atoms with E-state index in [0.717, 1.165) is 41.1 Å². The van der Waals surface area contributed by atoms with E-state index in [4.69, 9.17) is 21.7 Å². The molecule has 4 heterocycles. The summed E-state index contributed by atoms with van der Waals surface area (Å²) in [6.45, 7) is 3.03. The lowest BCUT2D eigenvalue weighted by Crippen LogP contribution is -2.44. The molecule has 6 rings (SSSR count). The van der Waals surface area contributed by atoms with Gasteiger partial charge in [0.2, 0.25) is 6.79 Å². The number of carbonyl (C=O) groups is 1. The van der Waals surface area contributed by atoms with Crippen LogP contribution in [-0.4, -0.2) is 45.2 Å². The fourth-order valence-corrected chi connectivity index (χ4v) is 5.49. The molecule has 1 amide bonds. The van der Waals surface area contributed by atoms with Crippen LogP contribution in [0.2, 0.25) is 0 Å². The van der Waals surface area contributed by atoms with Crippen LogP contribution in [0, 0.1) is 0 Å². The predicted molar refractivity (Wildman–Crippen MR) is 121 cm³/mol. The summed E-state index contributed by atoms with van der Waals surface area (Å²) in [5.41, 5.74) is 4.42. The fourth-order valence-electron chi connectivity index (χ4n) is 5.08. The van der Waals surface area contributed by atoms with Crippen molar-refractivity contribution in [2.45, 2.75) is 38.3 Å². The summed E-state index contributed by atoms with van der Waals surface area (Å²) in [5, 5.41) is 1.80. The topological polar surface area (TPSA) is 57.8 Å². The maximum atomic E-state index is 13.4. The van der Waals surface area contributed by atoms with Crippen LogP contribution in [0.15, 0.2) is 42.5 Å². The molecule has 1 fully saturated rings. The van der Waals surface area contributed by atoms with E-state index >= 15 is 0 Å². The zero-order chi connectivity index (χ0) is 21.1. The average molecular weight is 434 g/mol. The van der Waals surface area contributed by atoms with Crippen molar-refractivity contribution in [3.05, 3.63) is 59.3 Å². The van der Waals surface area contributed by atoms with E-state index in [1.165, 1.54) is 10.9 Å². The van der Waals surface area contributed by atoms with Crippen LogP contribution in [0.3, 0.4) is 0 Å². The van der Waals surface area contributed by atoms with Crippen molar-refractivity contribution in [3.8, 4) is 11.5 Å². The molecule has 2 atom stereocenters. The van der Waals surface area contributed by atoms with Gasteiger partial charge in [-0.15, -0.1) is 0 Å². The molecule has 1 aromatic heterocycles. The van der Waals surface area contributed by atoms with E-state index < -0.39 is 0 Å². The molecule has 1 N–H and O–H groups in total. The number of nitrogens with one attached hydrogen (secondary N) is 1. The first-order valence-electron chi connectivity index (χ1n) is 10.8. The van der Waals surface area contributed by atoms with Gasteiger partial charge in [-0.1, -0.05) is 37.6 Å². The van der Waals surface area contributed by atoms with Gasteiger partial charge in [0.05, 0.1) is 6.04 Å². The Kier molecular flexibility index (Phi) is 4.21. The lowest BCUT2D eigenvalue weighted by atomic mass is 9.89. The van der Waals surface area contributed by atoms with E-state index in [9.17, 15) is 4.79 Å². The number of thiocarbonyl (C=S) groups is 1. The number of amides is 1. The summed E-state index contributed by atoms with van der Waals surface area (Å²) in [4.78, 5) is 21.0. The Balaban J connectivity index is 1.52. The molecule has 31 heavy (non-hydrogen) atoms. The monoisotopic (exact) mass is 433 g/mol. The van der Waals surface area contributed by atoms with Crippen LogP contribution < -0.4 is 9.47 Å². The summed E-state index contributed by atoms with van der Waals surface area (Å²) < 4.78 is 11.2. The van der Waals surface area contributed by atoms with E-state index in [1.54, 1.807) is 4.90 Å².